The van der Waals surface area contributed by atoms with Crippen LogP contribution >= 0.6 is 0 Å². The van der Waals surface area contributed by atoms with Gasteiger partial charge in [-0.3, -0.25) is 0 Å². The van der Waals surface area contributed by atoms with Crippen molar-refractivity contribution in [3.05, 3.63) is 0 Å². The number of hydrogen-bond donors (Lipinski definition) is 2. The number of carbonyl (C=O) groups is 2. The summed E-state index contributed by atoms with van der Waals surface area (Å²) >= 11 is 0. The summed E-state index contributed by atoms with van der Waals surface area (Å²) in [5.41, 5.74) is 0. The van der Waals surface area contributed by atoms with Gasteiger partial charge in [-0.05, 0) is 38.5 Å². The van der Waals surface area contributed by atoms with E-state index >= 15 is 0 Å². The standard InChI is InChI=1S/C96H194N4O2/c1-5-9-13-17-21-25-29-33-37-41-45-49-53-57-61-65-69-73-79-85-91-99(92-86-80-74-70-66-62-58-54-50-46-42-38-34-30-26-22-18-14-10-6-2)95(101)97-89-83-77-78-84-90-98-96(102)100(93-87-81-75-71-67-63-59-55-51-47-43-39-35-31-27-23-19-15-11-7-3)94-88-82-76-72-68-64-60-56-52-48-44-40-36-32-28-24-20-16-12-8-4/h5-94H2,1-4H3,(H,97,101)(H,98,102). The molecule has 2 N–H and O–H groups in total. The first-order valence-electron chi connectivity index (χ1n) is 48.7. The zero-order chi connectivity index (χ0) is 73.4. The van der Waals surface area contributed by atoms with E-state index in [-0.39, 0.29) is 12.1 Å². The minimum atomic E-state index is 0.165. The van der Waals surface area contributed by atoms with Gasteiger partial charge in [-0.2, -0.15) is 0 Å². The molecule has 0 aliphatic heterocycles. The van der Waals surface area contributed by atoms with E-state index in [1.165, 1.54) is 488 Å². The second-order valence-corrected chi connectivity index (χ2v) is 33.7. The second-order valence-electron chi connectivity index (χ2n) is 33.7. The normalized spacial score (nSPS) is 11.6. The van der Waals surface area contributed by atoms with Gasteiger partial charge in [0.1, 0.15) is 0 Å². The van der Waals surface area contributed by atoms with Crippen LogP contribution in [0, 0.1) is 0 Å². The molecule has 0 aromatic heterocycles. The molecule has 0 atom stereocenters. The van der Waals surface area contributed by atoms with Crippen molar-refractivity contribution >= 4 is 12.1 Å². The molecule has 4 amide bonds. The van der Waals surface area contributed by atoms with E-state index in [9.17, 15) is 9.59 Å². The molecular weight excluding hydrogens is 1240 g/mol. The number of unbranched alkanes of at least 4 members (excludes halogenated alkanes) is 79. The average molecular weight is 1440 g/mol. The molecule has 0 saturated carbocycles. The molecule has 0 aromatic carbocycles. The van der Waals surface area contributed by atoms with E-state index in [1.807, 2.05) is 0 Å². The third-order valence-corrected chi connectivity index (χ3v) is 23.4. The molecule has 0 aliphatic rings. The summed E-state index contributed by atoms with van der Waals surface area (Å²) in [6.07, 6.45) is 116. The van der Waals surface area contributed by atoms with Crippen molar-refractivity contribution in [2.24, 2.45) is 0 Å². The Hall–Kier alpha value is -1.46. The Labute approximate surface area is 644 Å². The second kappa shape index (κ2) is 91.9. The minimum absolute atomic E-state index is 0.165. The van der Waals surface area contributed by atoms with Gasteiger partial charge in [-0.25, -0.2) is 9.59 Å². The van der Waals surface area contributed by atoms with E-state index in [1.54, 1.807) is 0 Å². The number of amides is 4. The Bertz CT molecular complexity index is 1320. The largest absolute Gasteiger partial charge is 0.338 e. The smallest absolute Gasteiger partial charge is 0.317 e. The minimum Gasteiger partial charge on any atom is -0.338 e. The summed E-state index contributed by atoms with van der Waals surface area (Å²) in [5, 5.41) is 6.72. The summed E-state index contributed by atoms with van der Waals surface area (Å²) in [6.45, 7) is 14.4. The van der Waals surface area contributed by atoms with Gasteiger partial charge in [0.25, 0.3) is 0 Å². The van der Waals surface area contributed by atoms with Gasteiger partial charge >= 0.3 is 12.1 Å². The van der Waals surface area contributed by atoms with E-state index in [4.69, 9.17) is 0 Å². The summed E-state index contributed by atoms with van der Waals surface area (Å²) in [6, 6.07) is 0.330. The molecule has 0 bridgehead atoms. The fourth-order valence-electron chi connectivity index (χ4n) is 16.1. The summed E-state index contributed by atoms with van der Waals surface area (Å²) in [7, 11) is 0. The van der Waals surface area contributed by atoms with Crippen molar-refractivity contribution < 1.29 is 9.59 Å². The van der Waals surface area contributed by atoms with Crippen LogP contribution in [0.2, 0.25) is 0 Å². The highest BCUT2D eigenvalue weighted by molar-refractivity contribution is 5.74. The van der Waals surface area contributed by atoms with Crippen molar-refractivity contribution in [1.29, 1.82) is 0 Å². The monoisotopic (exact) mass is 1440 g/mol. The van der Waals surface area contributed by atoms with Crippen LogP contribution in [-0.4, -0.2) is 61.1 Å². The number of nitrogens with one attached hydrogen (secondary N) is 2. The van der Waals surface area contributed by atoms with Crippen LogP contribution in [0.4, 0.5) is 9.59 Å². The Morgan fingerprint density at radius 2 is 0.245 bits per heavy atom. The first-order chi connectivity index (χ1) is 50.6. The van der Waals surface area contributed by atoms with E-state index in [2.05, 4.69) is 48.1 Å². The molecule has 0 aliphatic carbocycles. The maximum absolute atomic E-state index is 13.7. The molecule has 610 valence electrons. The number of nitrogens with zero attached hydrogens (tertiary/aromatic N) is 2. The number of hydrogen-bond acceptors (Lipinski definition) is 2. The third kappa shape index (κ3) is 84.2. The Kier molecular flexibility index (Phi) is 90.6. The van der Waals surface area contributed by atoms with E-state index in [0.29, 0.717) is 0 Å². The molecule has 0 aromatic rings. The zero-order valence-electron chi connectivity index (χ0n) is 71.4. The maximum Gasteiger partial charge on any atom is 0.317 e. The van der Waals surface area contributed by atoms with Gasteiger partial charge < -0.3 is 20.4 Å². The molecule has 0 heterocycles. The van der Waals surface area contributed by atoms with Crippen molar-refractivity contribution in [1.82, 2.24) is 20.4 Å². The van der Waals surface area contributed by atoms with Crippen LogP contribution in [0.25, 0.3) is 0 Å². The van der Waals surface area contributed by atoms with Gasteiger partial charge in [-0.1, -0.05) is 529 Å². The van der Waals surface area contributed by atoms with Gasteiger partial charge in [0.15, 0.2) is 0 Å². The predicted octanol–water partition coefficient (Wildman–Crippen LogP) is 33.9. The number of rotatable bonds is 91. The lowest BCUT2D eigenvalue weighted by molar-refractivity contribution is 0.193. The number of carbonyl (C=O) groups excluding carboxylic acids is 2. The zero-order valence-corrected chi connectivity index (χ0v) is 71.4. The average Bonchev–Trinajstić information content (AvgIpc) is 1.05. The molecule has 0 unspecified atom stereocenters. The highest BCUT2D eigenvalue weighted by Crippen LogP contribution is 2.22. The first-order valence-corrected chi connectivity index (χ1v) is 48.7. The SMILES string of the molecule is CCCCCCCCCCCCCCCCCCCCCCN(CCCCCCCCCCCCCCCCCCCCCC)C(=O)NCCCCCCNC(=O)N(CCCCCCCCCCCCCCCCCCCCCC)CCCCCCCCCCCCCCCCCCCCCC. The fourth-order valence-corrected chi connectivity index (χ4v) is 16.1. The molecule has 0 rings (SSSR count). The lowest BCUT2D eigenvalue weighted by atomic mass is 10.0. The van der Waals surface area contributed by atoms with Crippen LogP contribution in [0.3, 0.4) is 0 Å². The predicted molar refractivity (Wildman–Crippen MR) is 460 cm³/mol. The molecule has 0 saturated heterocycles. The lowest BCUT2D eigenvalue weighted by Crippen LogP contribution is -2.41. The fraction of sp³-hybridized carbons (Fsp3) is 0.979. The topological polar surface area (TPSA) is 64.7 Å². The van der Waals surface area contributed by atoms with Crippen LogP contribution in [0.5, 0.6) is 0 Å². The highest BCUT2D eigenvalue weighted by Gasteiger charge is 2.15. The summed E-state index contributed by atoms with van der Waals surface area (Å²) in [5.74, 6) is 0. The molecule has 102 heavy (non-hydrogen) atoms. The Morgan fingerprint density at radius 3 is 0.363 bits per heavy atom. The van der Waals surface area contributed by atoms with Gasteiger partial charge in [-0.15, -0.1) is 0 Å². The van der Waals surface area contributed by atoms with Crippen LogP contribution in [0.15, 0.2) is 0 Å². The Morgan fingerprint density at radius 1 is 0.147 bits per heavy atom. The number of urea groups is 2. The van der Waals surface area contributed by atoms with Crippen molar-refractivity contribution in [3.8, 4) is 0 Å². The van der Waals surface area contributed by atoms with E-state index < -0.39 is 0 Å². The molecule has 0 fully saturated rings. The molecule has 0 radical (unpaired) electrons. The maximum atomic E-state index is 13.7. The molecular formula is C96H194N4O2. The highest BCUT2D eigenvalue weighted by atomic mass is 16.2. The molecule has 6 heteroatoms. The third-order valence-electron chi connectivity index (χ3n) is 23.4. The van der Waals surface area contributed by atoms with Crippen LogP contribution in [-0.2, 0) is 0 Å². The Balaban J connectivity index is 4.78. The van der Waals surface area contributed by atoms with Crippen molar-refractivity contribution in [3.63, 3.8) is 0 Å². The summed E-state index contributed by atoms with van der Waals surface area (Å²) in [4.78, 5) is 31.8. The van der Waals surface area contributed by atoms with Gasteiger partial charge in [0.2, 0.25) is 0 Å². The molecule has 6 nitrogen and oxygen atoms in total. The van der Waals surface area contributed by atoms with Crippen molar-refractivity contribution in [2.75, 3.05) is 39.3 Å². The first kappa shape index (κ1) is 101. The quantitative estimate of drug-likeness (QED) is 0.0596. The van der Waals surface area contributed by atoms with E-state index in [0.717, 1.165) is 90.6 Å². The van der Waals surface area contributed by atoms with Crippen molar-refractivity contribution in [2.45, 2.75) is 567 Å². The van der Waals surface area contributed by atoms with Gasteiger partial charge in [0.05, 0.1) is 0 Å². The molecule has 0 spiro atoms. The van der Waals surface area contributed by atoms with Crippen LogP contribution in [0.1, 0.15) is 567 Å². The lowest BCUT2D eigenvalue weighted by Gasteiger charge is -2.23. The van der Waals surface area contributed by atoms with Gasteiger partial charge in [0, 0.05) is 39.3 Å². The van der Waals surface area contributed by atoms with Crippen LogP contribution < -0.4 is 10.6 Å². The summed E-state index contributed by atoms with van der Waals surface area (Å²) < 4.78 is 0.